The highest BCUT2D eigenvalue weighted by Crippen LogP contribution is 2.49. The van der Waals surface area contributed by atoms with E-state index in [1.807, 2.05) is 0 Å². The smallest absolute Gasteiger partial charge is 0.203 e. The van der Waals surface area contributed by atoms with E-state index in [1.54, 1.807) is 0 Å². The van der Waals surface area contributed by atoms with Gasteiger partial charge in [-0.2, -0.15) is 26.3 Å². The summed E-state index contributed by atoms with van der Waals surface area (Å²) in [6.45, 7) is 0. The fourth-order valence-electron chi connectivity index (χ4n) is 0.543. The molecule has 9 heteroatoms. The first-order valence-electron chi connectivity index (χ1n) is 3.20. The van der Waals surface area contributed by atoms with Gasteiger partial charge in [0.05, 0.1) is 0 Å². The average Bonchev–Trinajstić information content (AvgIpc) is 2.02. The molecule has 0 atom stereocenters. The van der Waals surface area contributed by atoms with Gasteiger partial charge in [0.1, 0.15) is 0 Å². The number of halogens is 9. The molecule has 90 valence electrons. The summed E-state index contributed by atoms with van der Waals surface area (Å²) in [6.07, 6.45) is -5.44. The summed E-state index contributed by atoms with van der Waals surface area (Å²) >= 11 is 1.07. The molecule has 0 N–H and O–H groups in total. The van der Waals surface area contributed by atoms with Crippen molar-refractivity contribution >= 4 is 22.6 Å². The minimum Gasteiger partial charge on any atom is -0.203 e. The number of allylic oxidation sites excluding steroid dienone is 1. The van der Waals surface area contributed by atoms with E-state index < -0.39 is 30.3 Å². The summed E-state index contributed by atoms with van der Waals surface area (Å²) in [5.41, 5.74) is 0. The number of rotatable bonds is 4. The Kier molecular flexibility index (Phi) is 4.39. The second-order valence-electron chi connectivity index (χ2n) is 2.41. The predicted molar refractivity (Wildman–Crippen MR) is 44.0 cm³/mol. The summed E-state index contributed by atoms with van der Waals surface area (Å²) < 4.78 is 97.1. The summed E-state index contributed by atoms with van der Waals surface area (Å²) in [5.74, 6) is -17.6. The number of hydrogen-bond acceptors (Lipinski definition) is 0. The predicted octanol–water partition coefficient (Wildman–Crippen LogP) is 4.11. The van der Waals surface area contributed by atoms with Crippen LogP contribution >= 0.6 is 22.6 Å². The van der Waals surface area contributed by atoms with Gasteiger partial charge >= 0.3 is 24.2 Å². The van der Waals surface area contributed by atoms with Gasteiger partial charge in [-0.15, -0.1) is 0 Å². The Balaban J connectivity index is 5.30. The fourth-order valence-corrected chi connectivity index (χ4v) is 0.995. The molecule has 0 saturated heterocycles. The zero-order chi connectivity index (χ0) is 12.5. The zero-order valence-electron chi connectivity index (χ0n) is 6.63. The Morgan fingerprint density at radius 2 is 1.33 bits per heavy atom. The molecule has 0 aliphatic rings. The van der Waals surface area contributed by atoms with Gasteiger partial charge in [-0.05, 0) is 10.2 Å². The van der Waals surface area contributed by atoms with Crippen molar-refractivity contribution in [3.05, 3.63) is 10.2 Å². The van der Waals surface area contributed by atoms with Gasteiger partial charge in [-0.1, -0.05) is 22.6 Å². The average molecular weight is 354 g/mol. The van der Waals surface area contributed by atoms with Gasteiger partial charge in [0, 0.05) is 0 Å². The van der Waals surface area contributed by atoms with Crippen LogP contribution in [0, 0.1) is 0 Å². The van der Waals surface area contributed by atoms with Crippen molar-refractivity contribution in [1.29, 1.82) is 0 Å². The maximum absolute atomic E-state index is 12.4. The van der Waals surface area contributed by atoms with Crippen molar-refractivity contribution in [2.24, 2.45) is 0 Å². The van der Waals surface area contributed by atoms with E-state index in [0.717, 1.165) is 22.6 Å². The van der Waals surface area contributed by atoms with Gasteiger partial charge in [0.25, 0.3) is 0 Å². The SMILES string of the molecule is FC(F)C(F)(F)C(F)(F)C(F)(F)C=CI. The topological polar surface area (TPSA) is 0 Å². The van der Waals surface area contributed by atoms with E-state index in [4.69, 9.17) is 0 Å². The minimum atomic E-state index is -6.14. The molecule has 0 aliphatic heterocycles. The molecule has 0 spiro atoms. The molecule has 0 fully saturated rings. The maximum atomic E-state index is 12.4. The molecule has 0 radical (unpaired) electrons. The first-order chi connectivity index (χ1) is 6.50. The van der Waals surface area contributed by atoms with Crippen LogP contribution in [0.3, 0.4) is 0 Å². The molecular weight excluding hydrogens is 351 g/mol. The van der Waals surface area contributed by atoms with Crippen molar-refractivity contribution in [2.45, 2.75) is 24.2 Å². The van der Waals surface area contributed by atoms with E-state index in [2.05, 4.69) is 0 Å². The van der Waals surface area contributed by atoms with Gasteiger partial charge < -0.3 is 0 Å². The van der Waals surface area contributed by atoms with Crippen molar-refractivity contribution in [2.75, 3.05) is 0 Å². The molecule has 0 aromatic heterocycles. The molecule has 0 saturated carbocycles. The van der Waals surface area contributed by atoms with Crippen LogP contribution in [0.5, 0.6) is 0 Å². The molecule has 0 bridgehead atoms. The van der Waals surface area contributed by atoms with Crippen LogP contribution < -0.4 is 0 Å². The molecule has 0 amide bonds. The lowest BCUT2D eigenvalue weighted by atomic mass is 10.1. The molecule has 0 nitrogen and oxygen atoms in total. The third kappa shape index (κ3) is 2.53. The Morgan fingerprint density at radius 1 is 0.933 bits per heavy atom. The number of alkyl halides is 8. The van der Waals surface area contributed by atoms with Gasteiger partial charge in [0.15, 0.2) is 0 Å². The van der Waals surface area contributed by atoms with Crippen LogP contribution in [0.4, 0.5) is 35.1 Å². The lowest BCUT2D eigenvalue weighted by Gasteiger charge is -2.30. The zero-order valence-corrected chi connectivity index (χ0v) is 8.79. The molecule has 0 rings (SSSR count). The second-order valence-corrected chi connectivity index (χ2v) is 3.13. The Morgan fingerprint density at radius 3 is 1.60 bits per heavy atom. The van der Waals surface area contributed by atoms with Crippen LogP contribution in [0.25, 0.3) is 0 Å². The third-order valence-electron chi connectivity index (χ3n) is 1.38. The monoisotopic (exact) mass is 354 g/mol. The van der Waals surface area contributed by atoms with Crippen molar-refractivity contribution in [3.8, 4) is 0 Å². The van der Waals surface area contributed by atoms with E-state index in [0.29, 0.717) is 4.08 Å². The maximum Gasteiger partial charge on any atom is 0.381 e. The molecule has 0 heterocycles. The highest BCUT2D eigenvalue weighted by molar-refractivity contribution is 14.1. The quantitative estimate of drug-likeness (QED) is 0.527. The normalized spacial score (nSPS) is 15.3. The molecule has 0 aliphatic carbocycles. The Bertz CT molecular complexity index is 246. The molecule has 0 aromatic carbocycles. The van der Waals surface area contributed by atoms with E-state index in [1.165, 1.54) is 0 Å². The van der Waals surface area contributed by atoms with Gasteiger partial charge in [-0.3, -0.25) is 0 Å². The van der Waals surface area contributed by atoms with Gasteiger partial charge in [-0.25, -0.2) is 8.78 Å². The largest absolute Gasteiger partial charge is 0.381 e. The molecule has 15 heavy (non-hydrogen) atoms. The Labute approximate surface area is 92.5 Å². The van der Waals surface area contributed by atoms with E-state index in [-0.39, 0.29) is 0 Å². The number of hydrogen-bond donors (Lipinski definition) is 0. The van der Waals surface area contributed by atoms with Crippen LogP contribution in [-0.4, -0.2) is 24.2 Å². The first kappa shape index (κ1) is 14.9. The Hall–Kier alpha value is -0.0900. The highest BCUT2D eigenvalue weighted by Gasteiger charge is 2.74. The van der Waals surface area contributed by atoms with Crippen molar-refractivity contribution < 1.29 is 35.1 Å². The summed E-state index contributed by atoms with van der Waals surface area (Å²) in [5, 5.41) is 0. The summed E-state index contributed by atoms with van der Waals surface area (Å²) in [6, 6.07) is 0. The van der Waals surface area contributed by atoms with Crippen molar-refractivity contribution in [3.63, 3.8) is 0 Å². The first-order valence-corrected chi connectivity index (χ1v) is 4.44. The van der Waals surface area contributed by atoms with E-state index >= 15 is 0 Å². The second kappa shape index (κ2) is 4.42. The van der Waals surface area contributed by atoms with Crippen molar-refractivity contribution in [1.82, 2.24) is 0 Å². The minimum absolute atomic E-state index is 0.340. The third-order valence-corrected chi connectivity index (χ3v) is 1.74. The highest BCUT2D eigenvalue weighted by atomic mass is 127. The van der Waals surface area contributed by atoms with Gasteiger partial charge in [0.2, 0.25) is 0 Å². The molecule has 0 aromatic rings. The van der Waals surface area contributed by atoms with Crippen LogP contribution in [0.2, 0.25) is 0 Å². The van der Waals surface area contributed by atoms with Crippen LogP contribution in [0.1, 0.15) is 0 Å². The molecular formula is C6H3F8I. The van der Waals surface area contributed by atoms with E-state index in [9.17, 15) is 35.1 Å². The van der Waals surface area contributed by atoms with Crippen LogP contribution in [-0.2, 0) is 0 Å². The fraction of sp³-hybridized carbons (Fsp3) is 0.667. The molecule has 0 unspecified atom stereocenters. The standard InChI is InChI=1S/C6H3F8I/c7-3(8)5(11,12)6(13,14)4(9,10)1-2-15/h1-3H. The lowest BCUT2D eigenvalue weighted by Crippen LogP contribution is -2.56. The lowest BCUT2D eigenvalue weighted by molar-refractivity contribution is -0.324. The summed E-state index contributed by atoms with van der Waals surface area (Å²) in [4.78, 5) is 0. The summed E-state index contributed by atoms with van der Waals surface area (Å²) in [7, 11) is 0. The van der Waals surface area contributed by atoms with Crippen LogP contribution in [0.15, 0.2) is 10.2 Å².